The molecule has 0 amide bonds. The summed E-state index contributed by atoms with van der Waals surface area (Å²) in [5.74, 6) is 1.63. The lowest BCUT2D eigenvalue weighted by Crippen LogP contribution is -2.31. The third kappa shape index (κ3) is 3.83. The average Bonchev–Trinajstić information content (AvgIpc) is 2.87. The molecule has 5 nitrogen and oxygen atoms in total. The first kappa shape index (κ1) is 16.0. The predicted octanol–water partition coefficient (Wildman–Crippen LogP) is 3.05. The minimum atomic E-state index is 0.446. The van der Waals surface area contributed by atoms with E-state index in [1.54, 1.807) is 11.3 Å². The van der Waals surface area contributed by atoms with E-state index in [1.165, 1.54) is 4.88 Å². The highest BCUT2D eigenvalue weighted by molar-refractivity contribution is 7.18. The monoisotopic (exact) mass is 307 g/mol. The van der Waals surface area contributed by atoms with E-state index in [0.29, 0.717) is 12.0 Å². The van der Waals surface area contributed by atoms with Crippen molar-refractivity contribution in [1.29, 1.82) is 0 Å². The van der Waals surface area contributed by atoms with Crippen LogP contribution < -0.4 is 10.6 Å². The third-order valence-electron chi connectivity index (χ3n) is 3.57. The van der Waals surface area contributed by atoms with Gasteiger partial charge in [0.1, 0.15) is 10.6 Å². The molecule has 21 heavy (non-hydrogen) atoms. The molecule has 0 aliphatic heterocycles. The lowest BCUT2D eigenvalue weighted by atomic mass is 10.3. The van der Waals surface area contributed by atoms with Crippen molar-refractivity contribution in [2.45, 2.75) is 33.2 Å². The largest absolute Gasteiger partial charge is 0.368 e. The van der Waals surface area contributed by atoms with E-state index >= 15 is 0 Å². The second-order valence-corrected chi connectivity index (χ2v) is 6.52. The topological polar surface area (TPSA) is 53.1 Å². The molecular formula is C15H25N5S. The number of rotatable bonds is 7. The zero-order chi connectivity index (χ0) is 15.4. The molecule has 0 radical (unpaired) electrons. The van der Waals surface area contributed by atoms with E-state index in [2.05, 4.69) is 66.4 Å². The normalized spacial score (nSPS) is 12.9. The number of nitrogens with zero attached hydrogens (tertiary/aromatic N) is 3. The Kier molecular flexibility index (Phi) is 5.36. The molecule has 2 aromatic rings. The Balaban J connectivity index is 2.31. The summed E-state index contributed by atoms with van der Waals surface area (Å²) in [7, 11) is 4.18. The van der Waals surface area contributed by atoms with Gasteiger partial charge in [0, 0.05) is 24.0 Å². The van der Waals surface area contributed by atoms with Gasteiger partial charge in [-0.05, 0) is 40.4 Å². The Labute approximate surface area is 130 Å². The Hall–Kier alpha value is -1.40. The summed E-state index contributed by atoms with van der Waals surface area (Å²) in [5, 5.41) is 7.82. The minimum Gasteiger partial charge on any atom is -0.368 e. The Morgan fingerprint density at radius 2 is 2.00 bits per heavy atom. The minimum absolute atomic E-state index is 0.446. The van der Waals surface area contributed by atoms with Gasteiger partial charge in [-0.1, -0.05) is 6.92 Å². The molecule has 6 heteroatoms. The number of nitrogens with one attached hydrogen (secondary N) is 2. The van der Waals surface area contributed by atoms with Crippen LogP contribution in [-0.2, 0) is 6.42 Å². The van der Waals surface area contributed by atoms with Crippen LogP contribution in [0.1, 0.15) is 25.6 Å². The van der Waals surface area contributed by atoms with Crippen LogP contribution in [0.5, 0.6) is 0 Å². The van der Waals surface area contributed by atoms with Crippen molar-refractivity contribution < 1.29 is 0 Å². The van der Waals surface area contributed by atoms with Crippen molar-refractivity contribution in [3.05, 3.63) is 10.9 Å². The van der Waals surface area contributed by atoms with Crippen LogP contribution in [0.2, 0.25) is 0 Å². The Morgan fingerprint density at radius 3 is 2.62 bits per heavy atom. The average molecular weight is 307 g/mol. The number of thiophene rings is 1. The van der Waals surface area contributed by atoms with Gasteiger partial charge < -0.3 is 15.5 Å². The first-order chi connectivity index (χ1) is 10.0. The number of anilines is 2. The molecule has 0 bridgehead atoms. The quantitative estimate of drug-likeness (QED) is 0.823. The third-order valence-corrected chi connectivity index (χ3v) is 4.75. The molecule has 1 atom stereocenters. The molecule has 0 fully saturated rings. The van der Waals surface area contributed by atoms with Crippen LogP contribution >= 0.6 is 11.3 Å². The second-order valence-electron chi connectivity index (χ2n) is 5.40. The molecule has 2 N–H and O–H groups in total. The number of hydrogen-bond donors (Lipinski definition) is 2. The molecule has 1 unspecified atom stereocenters. The van der Waals surface area contributed by atoms with E-state index in [9.17, 15) is 0 Å². The number of fused-ring (bicyclic) bond motifs is 1. The number of aryl methyl sites for hydroxylation is 1. The van der Waals surface area contributed by atoms with E-state index in [1.807, 2.05) is 0 Å². The highest BCUT2D eigenvalue weighted by Gasteiger charge is 2.12. The summed E-state index contributed by atoms with van der Waals surface area (Å²) in [4.78, 5) is 13.8. The van der Waals surface area contributed by atoms with Gasteiger partial charge in [0.25, 0.3) is 0 Å². The first-order valence-corrected chi connectivity index (χ1v) is 8.31. The molecule has 2 aromatic heterocycles. The fraction of sp³-hybridized carbons (Fsp3) is 0.600. The molecule has 0 saturated heterocycles. The fourth-order valence-corrected chi connectivity index (χ4v) is 2.91. The number of likely N-dealkylation sites (N-methyl/N-ethyl adjacent to an activating group) is 1. The molecule has 0 aliphatic rings. The van der Waals surface area contributed by atoms with Crippen molar-refractivity contribution >= 4 is 33.3 Å². The predicted molar refractivity (Wildman–Crippen MR) is 92.6 cm³/mol. The van der Waals surface area contributed by atoms with Gasteiger partial charge >= 0.3 is 0 Å². The molecular weight excluding hydrogens is 282 g/mol. The lowest BCUT2D eigenvalue weighted by molar-refractivity contribution is 0.326. The van der Waals surface area contributed by atoms with Gasteiger partial charge in [0.05, 0.1) is 5.39 Å². The fourth-order valence-electron chi connectivity index (χ4n) is 1.94. The zero-order valence-corrected chi connectivity index (χ0v) is 14.3. The number of hydrogen-bond acceptors (Lipinski definition) is 6. The maximum absolute atomic E-state index is 4.62. The van der Waals surface area contributed by atoms with Crippen molar-refractivity contribution in [3.63, 3.8) is 0 Å². The highest BCUT2D eigenvalue weighted by Crippen LogP contribution is 2.30. The maximum atomic E-state index is 4.62. The lowest BCUT2D eigenvalue weighted by Gasteiger charge is -2.20. The molecule has 0 saturated carbocycles. The maximum Gasteiger partial charge on any atom is 0.226 e. The van der Waals surface area contributed by atoms with Gasteiger partial charge in [0.2, 0.25) is 5.95 Å². The molecule has 0 aliphatic carbocycles. The smallest absolute Gasteiger partial charge is 0.226 e. The van der Waals surface area contributed by atoms with Crippen LogP contribution in [0.4, 0.5) is 11.8 Å². The summed E-state index contributed by atoms with van der Waals surface area (Å²) in [6, 6.07) is 2.65. The molecule has 116 valence electrons. The summed E-state index contributed by atoms with van der Waals surface area (Å²) in [6.07, 6.45) is 1.03. The van der Waals surface area contributed by atoms with Crippen LogP contribution in [0.3, 0.4) is 0 Å². The number of aromatic nitrogens is 2. The van der Waals surface area contributed by atoms with Gasteiger partial charge in [-0.2, -0.15) is 4.98 Å². The highest BCUT2D eigenvalue weighted by atomic mass is 32.1. The molecule has 0 spiro atoms. The second kappa shape index (κ2) is 7.04. The SMILES string of the molecule is CCNc1nc(NCC(C)N(C)C)c2cc(CC)sc2n1. The van der Waals surface area contributed by atoms with E-state index < -0.39 is 0 Å². The molecule has 0 aromatic carbocycles. The van der Waals surface area contributed by atoms with Crippen molar-refractivity contribution in [2.75, 3.05) is 37.8 Å². The van der Waals surface area contributed by atoms with Gasteiger partial charge in [-0.25, -0.2) is 4.98 Å². The van der Waals surface area contributed by atoms with Crippen molar-refractivity contribution in [2.24, 2.45) is 0 Å². The van der Waals surface area contributed by atoms with Gasteiger partial charge in [-0.15, -0.1) is 11.3 Å². The summed E-state index contributed by atoms with van der Waals surface area (Å²) >= 11 is 1.75. The molecule has 2 rings (SSSR count). The Morgan fingerprint density at radius 1 is 1.24 bits per heavy atom. The summed E-state index contributed by atoms with van der Waals surface area (Å²) < 4.78 is 0. The van der Waals surface area contributed by atoms with Crippen molar-refractivity contribution in [3.8, 4) is 0 Å². The first-order valence-electron chi connectivity index (χ1n) is 7.49. The van der Waals surface area contributed by atoms with Crippen LogP contribution in [0, 0.1) is 0 Å². The van der Waals surface area contributed by atoms with Crippen molar-refractivity contribution in [1.82, 2.24) is 14.9 Å². The van der Waals surface area contributed by atoms with E-state index in [-0.39, 0.29) is 0 Å². The standard InChI is InChI=1S/C15H25N5S/c1-6-11-8-12-13(17-9-10(3)20(4)5)18-15(16-7-2)19-14(12)21-11/h8,10H,6-7,9H2,1-5H3,(H2,16,17,18,19). The summed E-state index contributed by atoms with van der Waals surface area (Å²) in [6.45, 7) is 8.11. The molecule has 2 heterocycles. The zero-order valence-electron chi connectivity index (χ0n) is 13.5. The van der Waals surface area contributed by atoms with Gasteiger partial charge in [-0.3, -0.25) is 0 Å². The van der Waals surface area contributed by atoms with Crippen LogP contribution in [0.25, 0.3) is 10.2 Å². The Bertz CT molecular complexity index is 593. The summed E-state index contributed by atoms with van der Waals surface area (Å²) in [5.41, 5.74) is 0. The van der Waals surface area contributed by atoms with E-state index in [0.717, 1.165) is 35.5 Å². The van der Waals surface area contributed by atoms with Crippen LogP contribution in [0.15, 0.2) is 6.07 Å². The van der Waals surface area contributed by atoms with Gasteiger partial charge in [0.15, 0.2) is 0 Å². The van der Waals surface area contributed by atoms with Crippen LogP contribution in [-0.4, -0.2) is 48.1 Å². The van der Waals surface area contributed by atoms with E-state index in [4.69, 9.17) is 0 Å².